The van der Waals surface area contributed by atoms with Crippen molar-refractivity contribution in [3.63, 3.8) is 0 Å². The van der Waals surface area contributed by atoms with E-state index >= 15 is 0 Å². The van der Waals surface area contributed by atoms with Crippen LogP contribution < -0.4 is 10.6 Å². The Morgan fingerprint density at radius 1 is 1.17 bits per heavy atom. The molecule has 1 aliphatic heterocycles. The Kier molecular flexibility index (Phi) is 10.4. The third-order valence-electron chi connectivity index (χ3n) is 6.32. The number of carboxylic acids is 1. The van der Waals surface area contributed by atoms with Crippen LogP contribution in [-0.4, -0.2) is 69.6 Å². The molecule has 9 heteroatoms. The van der Waals surface area contributed by atoms with Gasteiger partial charge in [-0.3, -0.25) is 9.59 Å². The Morgan fingerprint density at radius 2 is 1.97 bits per heavy atom. The van der Waals surface area contributed by atoms with E-state index < -0.39 is 11.9 Å². The number of carboxylic acid groups (broad SMARTS) is 1. The second-order valence-corrected chi connectivity index (χ2v) is 9.33. The number of nitrogens with zero attached hydrogens (tertiary/aromatic N) is 4. The summed E-state index contributed by atoms with van der Waals surface area (Å²) >= 11 is 0. The van der Waals surface area contributed by atoms with Crippen molar-refractivity contribution in [1.29, 1.82) is 0 Å². The molecule has 0 bridgehead atoms. The lowest BCUT2D eigenvalue weighted by atomic mass is 10.0. The molecule has 0 radical (unpaired) electrons. The number of carbonyl (C=O) groups excluding carboxylic acids is 1. The fourth-order valence-corrected chi connectivity index (χ4v) is 4.27. The van der Waals surface area contributed by atoms with Gasteiger partial charge in [-0.2, -0.15) is 0 Å². The van der Waals surface area contributed by atoms with Crippen molar-refractivity contribution >= 4 is 17.7 Å². The van der Waals surface area contributed by atoms with E-state index in [4.69, 9.17) is 4.98 Å². The molecule has 0 unspecified atom stereocenters. The van der Waals surface area contributed by atoms with Crippen LogP contribution in [-0.2, 0) is 28.9 Å². The third-order valence-corrected chi connectivity index (χ3v) is 6.32. The van der Waals surface area contributed by atoms with Gasteiger partial charge in [0.15, 0.2) is 0 Å². The summed E-state index contributed by atoms with van der Waals surface area (Å²) in [5, 5.41) is 16.0. The highest BCUT2D eigenvalue weighted by Crippen LogP contribution is 2.20. The number of amides is 1. The lowest BCUT2D eigenvalue weighted by molar-refractivity contribution is -0.142. The van der Waals surface area contributed by atoms with Crippen molar-refractivity contribution in [2.24, 2.45) is 5.92 Å². The number of aromatic nitrogens is 3. The number of anilines is 1. The zero-order valence-electron chi connectivity index (χ0n) is 20.9. The van der Waals surface area contributed by atoms with Gasteiger partial charge in [-0.05, 0) is 75.7 Å². The minimum Gasteiger partial charge on any atom is -0.481 e. The number of rotatable bonds is 14. The first-order valence-electron chi connectivity index (χ1n) is 12.6. The molecule has 3 rings (SSSR count). The summed E-state index contributed by atoms with van der Waals surface area (Å²) in [6, 6.07) is 4.32. The highest BCUT2D eigenvalue weighted by molar-refractivity contribution is 5.72. The van der Waals surface area contributed by atoms with Crippen LogP contribution in [0.1, 0.15) is 55.3 Å². The molecular formula is C26H38N6O3. The number of fused-ring (bicyclic) bond motifs is 1. The Balaban J connectivity index is 1.49. The second kappa shape index (κ2) is 13.7. The molecule has 1 aliphatic rings. The smallest absolute Gasteiger partial charge is 0.306 e. The molecule has 2 aromatic rings. The number of unbranched alkanes of at least 4 members (excludes halogenated alkanes) is 1. The Morgan fingerprint density at radius 3 is 2.71 bits per heavy atom. The fraction of sp³-hybridized carbons (Fsp3) is 0.577. The van der Waals surface area contributed by atoms with Gasteiger partial charge >= 0.3 is 5.97 Å². The van der Waals surface area contributed by atoms with E-state index in [1.807, 2.05) is 6.92 Å². The average molecular weight is 483 g/mol. The van der Waals surface area contributed by atoms with E-state index in [-0.39, 0.29) is 5.91 Å². The summed E-state index contributed by atoms with van der Waals surface area (Å²) in [6.45, 7) is 7.12. The van der Waals surface area contributed by atoms with Crippen molar-refractivity contribution < 1.29 is 14.7 Å². The van der Waals surface area contributed by atoms with Crippen LogP contribution in [0.3, 0.4) is 0 Å². The van der Waals surface area contributed by atoms with Crippen LogP contribution in [0.2, 0.25) is 0 Å². The number of aryl methyl sites for hydroxylation is 3. The number of aliphatic carboxylic acids is 1. The normalized spacial score (nSPS) is 13.7. The predicted octanol–water partition coefficient (Wildman–Crippen LogP) is 2.63. The van der Waals surface area contributed by atoms with Crippen LogP contribution in [0.15, 0.2) is 24.5 Å². The quantitative estimate of drug-likeness (QED) is 0.352. The summed E-state index contributed by atoms with van der Waals surface area (Å²) in [7, 11) is 0. The number of pyridine rings is 1. The van der Waals surface area contributed by atoms with Crippen molar-refractivity contribution in [2.75, 3.05) is 38.0 Å². The first-order chi connectivity index (χ1) is 16.9. The van der Waals surface area contributed by atoms with Gasteiger partial charge in [-0.15, -0.1) is 0 Å². The van der Waals surface area contributed by atoms with Crippen LogP contribution in [0.4, 0.5) is 5.82 Å². The Hall–Kier alpha value is -3.07. The molecule has 3 N–H and O–H groups in total. The monoisotopic (exact) mass is 482 g/mol. The maximum atomic E-state index is 11.9. The SMILES string of the molecule is CC(=O)NCCN(CCCCc1ccc2c(n1)NCCC2)CC[C@H](Cc1ncc(C)cn1)C(=O)O. The van der Waals surface area contributed by atoms with Crippen LogP contribution >= 0.6 is 0 Å². The number of carbonyl (C=O) groups is 2. The molecular weight excluding hydrogens is 444 g/mol. The maximum absolute atomic E-state index is 11.9. The average Bonchev–Trinajstić information content (AvgIpc) is 2.84. The van der Waals surface area contributed by atoms with E-state index in [0.29, 0.717) is 38.3 Å². The zero-order valence-corrected chi connectivity index (χ0v) is 20.9. The fourth-order valence-electron chi connectivity index (χ4n) is 4.27. The number of hydrogen-bond acceptors (Lipinski definition) is 7. The molecule has 2 aromatic heterocycles. The molecule has 190 valence electrons. The Bertz CT molecular complexity index is 966. The molecule has 0 saturated carbocycles. The summed E-state index contributed by atoms with van der Waals surface area (Å²) in [5.74, 6) is 0.149. The van der Waals surface area contributed by atoms with Gasteiger partial charge in [-0.25, -0.2) is 15.0 Å². The van der Waals surface area contributed by atoms with E-state index in [1.165, 1.54) is 12.5 Å². The molecule has 0 aromatic carbocycles. The maximum Gasteiger partial charge on any atom is 0.306 e. The summed E-state index contributed by atoms with van der Waals surface area (Å²) in [5.41, 5.74) is 3.35. The largest absolute Gasteiger partial charge is 0.481 e. The lowest BCUT2D eigenvalue weighted by Gasteiger charge is -2.24. The topological polar surface area (TPSA) is 120 Å². The lowest BCUT2D eigenvalue weighted by Crippen LogP contribution is -2.36. The zero-order chi connectivity index (χ0) is 25.0. The van der Waals surface area contributed by atoms with Crippen LogP contribution in [0.25, 0.3) is 0 Å². The molecule has 1 amide bonds. The molecule has 9 nitrogen and oxygen atoms in total. The molecule has 0 saturated heterocycles. The highest BCUT2D eigenvalue weighted by Gasteiger charge is 2.21. The Labute approximate surface area is 207 Å². The second-order valence-electron chi connectivity index (χ2n) is 9.33. The summed E-state index contributed by atoms with van der Waals surface area (Å²) in [6.07, 6.45) is 9.39. The molecule has 3 heterocycles. The van der Waals surface area contributed by atoms with Crippen molar-refractivity contribution in [3.05, 3.63) is 47.2 Å². The molecule has 0 spiro atoms. The standard InChI is InChI=1S/C26H38N6O3/c1-19-17-29-24(30-18-19)16-22(26(34)35)10-14-32(15-12-27-20(2)33)13-4-3-7-23-9-8-21-6-5-11-28-25(21)31-23/h8-9,17-18,22H,3-7,10-16H2,1-2H3,(H,27,33)(H,28,31)(H,34,35)/t22-/m1/s1. The van der Waals surface area contributed by atoms with Crippen molar-refractivity contribution in [1.82, 2.24) is 25.2 Å². The van der Waals surface area contributed by atoms with E-state index in [9.17, 15) is 14.7 Å². The van der Waals surface area contributed by atoms with E-state index in [1.54, 1.807) is 12.4 Å². The van der Waals surface area contributed by atoms with Gasteiger partial charge in [0.25, 0.3) is 0 Å². The molecule has 0 fully saturated rings. The van der Waals surface area contributed by atoms with Gasteiger partial charge in [-0.1, -0.05) is 6.07 Å². The van der Waals surface area contributed by atoms with Gasteiger partial charge in [0, 0.05) is 51.1 Å². The third kappa shape index (κ3) is 9.24. The minimum absolute atomic E-state index is 0.0584. The van der Waals surface area contributed by atoms with Gasteiger partial charge in [0.1, 0.15) is 11.6 Å². The highest BCUT2D eigenvalue weighted by atomic mass is 16.4. The van der Waals surface area contributed by atoms with Crippen molar-refractivity contribution in [2.45, 2.75) is 58.8 Å². The predicted molar refractivity (Wildman–Crippen MR) is 135 cm³/mol. The van der Waals surface area contributed by atoms with Gasteiger partial charge < -0.3 is 20.6 Å². The van der Waals surface area contributed by atoms with E-state index in [2.05, 4.69) is 37.6 Å². The van der Waals surface area contributed by atoms with Gasteiger partial charge in [0.2, 0.25) is 5.91 Å². The van der Waals surface area contributed by atoms with E-state index in [0.717, 1.165) is 62.3 Å². The number of nitrogens with one attached hydrogen (secondary N) is 2. The van der Waals surface area contributed by atoms with Crippen LogP contribution in [0, 0.1) is 12.8 Å². The summed E-state index contributed by atoms with van der Waals surface area (Å²) < 4.78 is 0. The minimum atomic E-state index is -0.830. The van der Waals surface area contributed by atoms with Crippen LogP contribution in [0.5, 0.6) is 0 Å². The molecule has 35 heavy (non-hydrogen) atoms. The summed E-state index contributed by atoms with van der Waals surface area (Å²) in [4.78, 5) is 38.7. The van der Waals surface area contributed by atoms with Gasteiger partial charge in [0.05, 0.1) is 5.92 Å². The van der Waals surface area contributed by atoms with Crippen molar-refractivity contribution in [3.8, 4) is 0 Å². The molecule has 0 aliphatic carbocycles. The first-order valence-corrected chi connectivity index (χ1v) is 12.6. The number of hydrogen-bond donors (Lipinski definition) is 3. The molecule has 1 atom stereocenters. The first kappa shape index (κ1) is 26.5.